The Hall–Kier alpha value is 0.790. The highest BCUT2D eigenvalue weighted by atomic mass is 35.5. The summed E-state index contributed by atoms with van der Waals surface area (Å²) >= 11 is 9.65. The number of hydrogen-bond donors (Lipinski definition) is 5. The van der Waals surface area contributed by atoms with Crippen LogP contribution >= 0.6 is 35.1 Å². The van der Waals surface area contributed by atoms with Crippen molar-refractivity contribution >= 4 is 35.1 Å². The molecule has 4 unspecified atom stereocenters. The molecule has 96 valence electrons. The molecular weight excluding hydrogens is 266 g/mol. The van der Waals surface area contributed by atoms with Gasteiger partial charge < -0.3 is 17.2 Å². The second-order valence-electron chi connectivity index (χ2n) is 3.38. The smallest absolute Gasteiger partial charge is 0.120 e. The van der Waals surface area contributed by atoms with E-state index < -0.39 is 0 Å². The lowest BCUT2D eigenvalue weighted by Gasteiger charge is -2.38. The Labute approximate surface area is 111 Å². The summed E-state index contributed by atoms with van der Waals surface area (Å²) in [4.78, 5) is 0. The van der Waals surface area contributed by atoms with Crippen LogP contribution in [-0.4, -0.2) is 47.0 Å². The number of hydrogen-bond acceptors (Lipinski definition) is 7. The molecule has 1 aliphatic heterocycles. The van der Waals surface area contributed by atoms with Crippen LogP contribution in [0.2, 0.25) is 1.41 Å². The van der Waals surface area contributed by atoms with E-state index in [0.29, 0.717) is 13.1 Å². The van der Waals surface area contributed by atoms with Crippen LogP contribution in [0.5, 0.6) is 0 Å². The van der Waals surface area contributed by atoms with Crippen molar-refractivity contribution in [3.63, 3.8) is 0 Å². The third kappa shape index (κ3) is 4.58. The molecule has 0 aromatic rings. The molecule has 8 N–H and O–H groups in total. The number of nitrogens with one attached hydrogen (secondary N) is 2. The largest absolute Gasteiger partial charge is 0.330 e. The first-order valence-electron chi connectivity index (χ1n) is 5.69. The molecule has 0 spiro atoms. The van der Waals surface area contributed by atoms with Crippen LogP contribution in [0.25, 0.3) is 0 Å². The molecule has 5 nitrogen and oxygen atoms in total. The summed E-state index contributed by atoms with van der Waals surface area (Å²) in [6.07, 6.45) is -0.233. The summed E-state index contributed by atoms with van der Waals surface area (Å²) in [6.45, 7) is 1.26. The van der Waals surface area contributed by atoms with Crippen LogP contribution in [0.15, 0.2) is 0 Å². The van der Waals surface area contributed by atoms with Gasteiger partial charge in [-0.15, -0.1) is 35.1 Å². The van der Waals surface area contributed by atoms with Gasteiger partial charge in [-0.1, -0.05) is 0 Å². The number of thioether (sulfide) groups is 2. The van der Waals surface area contributed by atoms with Crippen LogP contribution in [-0.2, 0) is 0 Å². The van der Waals surface area contributed by atoms with Gasteiger partial charge in [0.1, 0.15) is 6.91 Å². The zero-order valence-electron chi connectivity index (χ0n) is 9.99. The summed E-state index contributed by atoms with van der Waals surface area (Å²) in [5, 5.41) is 6.49. The lowest BCUT2D eigenvalue weighted by molar-refractivity contribution is 0.361. The van der Waals surface area contributed by atoms with E-state index in [0.717, 1.165) is 11.5 Å². The minimum Gasteiger partial charge on any atom is -0.330 e. The van der Waals surface area contributed by atoms with Gasteiger partial charge in [-0.25, -0.2) is 0 Å². The van der Waals surface area contributed by atoms with Crippen molar-refractivity contribution in [2.45, 2.75) is 22.4 Å². The molecule has 0 amide bonds. The maximum Gasteiger partial charge on any atom is 0.120 e. The first-order chi connectivity index (χ1) is 8.22. The van der Waals surface area contributed by atoms with Crippen LogP contribution < -0.4 is 27.8 Å². The Balaban J connectivity index is 2.49. The third-order valence-corrected chi connectivity index (χ3v) is 5.06. The number of halogens is 1. The minimum atomic E-state index is -0.233. The highest BCUT2D eigenvalue weighted by molar-refractivity contribution is 8.00. The van der Waals surface area contributed by atoms with Crippen LogP contribution in [0, 0.1) is 0 Å². The van der Waals surface area contributed by atoms with Gasteiger partial charge in [0.25, 0.3) is 0 Å². The van der Waals surface area contributed by atoms with Crippen molar-refractivity contribution in [3.05, 3.63) is 0 Å². The van der Waals surface area contributed by atoms with E-state index in [1.165, 1.54) is 0 Å². The summed E-state index contributed by atoms with van der Waals surface area (Å²) < 4.78 is 7.27. The molecule has 0 aromatic heterocycles. The maximum absolute atomic E-state index is 7.27. The normalized spacial score (nSPS) is 36.1. The van der Waals surface area contributed by atoms with Crippen LogP contribution in [0.3, 0.4) is 0 Å². The lowest BCUT2D eigenvalue weighted by atomic mass is 10.3. The average Bonchev–Trinajstić information content (AvgIpc) is 2.35. The SMILES string of the molecule is [2H]NC1NC(SCCN)NC(SCCN)C1Cl. The maximum atomic E-state index is 7.27. The van der Waals surface area contributed by atoms with Gasteiger partial charge in [-0.3, -0.25) is 10.6 Å². The second-order valence-corrected chi connectivity index (χ2v) is 6.34. The molecule has 1 aliphatic rings. The van der Waals surface area contributed by atoms with E-state index >= 15 is 0 Å². The number of rotatable bonds is 7. The Morgan fingerprint density at radius 1 is 1.19 bits per heavy atom. The van der Waals surface area contributed by atoms with Crippen molar-refractivity contribution in [2.24, 2.45) is 17.2 Å². The zero-order valence-corrected chi connectivity index (χ0v) is 11.4. The molecular formula is C8H20ClN5S2. The van der Waals surface area contributed by atoms with Gasteiger partial charge in [0, 0.05) is 24.6 Å². The van der Waals surface area contributed by atoms with Crippen molar-refractivity contribution in [1.29, 1.82) is 0 Å². The van der Waals surface area contributed by atoms with Gasteiger partial charge in [-0.2, -0.15) is 0 Å². The molecule has 0 bridgehead atoms. The van der Waals surface area contributed by atoms with E-state index in [4.69, 9.17) is 24.5 Å². The van der Waals surface area contributed by atoms with Gasteiger partial charge in [0.15, 0.2) is 0 Å². The Bertz CT molecular complexity index is 216. The van der Waals surface area contributed by atoms with Crippen molar-refractivity contribution in [2.75, 3.05) is 24.6 Å². The van der Waals surface area contributed by atoms with Crippen molar-refractivity contribution < 1.29 is 1.41 Å². The number of nitrogens with two attached hydrogens (primary N) is 3. The fraction of sp³-hybridized carbons (Fsp3) is 1.00. The first-order valence-corrected chi connectivity index (χ1v) is 7.73. The molecule has 1 saturated heterocycles. The predicted molar refractivity (Wildman–Crippen MR) is 74.5 cm³/mol. The van der Waals surface area contributed by atoms with Gasteiger partial charge in [0.05, 0.1) is 16.9 Å². The summed E-state index contributed by atoms with van der Waals surface area (Å²) in [5.74, 6) is 1.70. The highest BCUT2D eigenvalue weighted by Crippen LogP contribution is 2.24. The molecule has 8 heteroatoms. The van der Waals surface area contributed by atoms with Crippen LogP contribution in [0.4, 0.5) is 0 Å². The molecule has 1 heterocycles. The molecule has 1 rings (SSSR count). The van der Waals surface area contributed by atoms with Crippen LogP contribution in [0.1, 0.15) is 0 Å². The van der Waals surface area contributed by atoms with Gasteiger partial charge >= 0.3 is 0 Å². The molecule has 0 saturated carbocycles. The topological polar surface area (TPSA) is 102 Å². The molecule has 16 heavy (non-hydrogen) atoms. The minimum absolute atomic E-state index is 0.0617. The second kappa shape index (κ2) is 7.99. The highest BCUT2D eigenvalue weighted by Gasteiger charge is 2.33. The standard InChI is InChI=1S/C8H20ClN5S2/c9-5-6(12)13-8(16-4-2-11)14-7(5)15-3-1-10/h5-8,13-14H,1-4,10-12H2/i/hD. The fourth-order valence-electron chi connectivity index (χ4n) is 1.34. The van der Waals surface area contributed by atoms with E-state index in [2.05, 4.69) is 16.4 Å². The summed E-state index contributed by atoms with van der Waals surface area (Å²) in [5.41, 5.74) is 13.5. The zero-order chi connectivity index (χ0) is 12.7. The monoisotopic (exact) mass is 286 g/mol. The predicted octanol–water partition coefficient (Wildman–Crippen LogP) is -0.935. The van der Waals surface area contributed by atoms with E-state index in [9.17, 15) is 0 Å². The third-order valence-electron chi connectivity index (χ3n) is 2.07. The Morgan fingerprint density at radius 2 is 1.88 bits per heavy atom. The Morgan fingerprint density at radius 3 is 2.50 bits per heavy atom. The molecule has 0 aliphatic carbocycles. The molecule has 0 radical (unpaired) electrons. The van der Waals surface area contributed by atoms with E-state index in [-0.39, 0.29) is 22.4 Å². The van der Waals surface area contributed by atoms with E-state index in [1.807, 2.05) is 0 Å². The number of alkyl halides is 1. The van der Waals surface area contributed by atoms with Crippen molar-refractivity contribution in [1.82, 2.24) is 10.6 Å². The summed E-state index contributed by atoms with van der Waals surface area (Å²) in [6, 6.07) is 0. The molecule has 1 fully saturated rings. The van der Waals surface area contributed by atoms with Gasteiger partial charge in [0.2, 0.25) is 0 Å². The quantitative estimate of drug-likeness (QED) is 0.385. The van der Waals surface area contributed by atoms with E-state index in [1.54, 1.807) is 23.5 Å². The van der Waals surface area contributed by atoms with Crippen molar-refractivity contribution in [3.8, 4) is 0 Å². The van der Waals surface area contributed by atoms with Gasteiger partial charge in [-0.05, 0) is 0 Å². The fourth-order valence-corrected chi connectivity index (χ4v) is 3.61. The average molecular weight is 287 g/mol. The summed E-state index contributed by atoms with van der Waals surface area (Å²) in [7, 11) is 0. The lowest BCUT2D eigenvalue weighted by Crippen LogP contribution is -2.65. The Kier molecular flexibility index (Phi) is 6.61. The molecule has 0 aromatic carbocycles. The first kappa shape index (κ1) is 13.2. The molecule has 4 atom stereocenters.